The Morgan fingerprint density at radius 2 is 1.65 bits per heavy atom. The zero-order valence-electron chi connectivity index (χ0n) is 35.0. The Labute approximate surface area is 368 Å². The number of phosphoric ester groups is 3. The predicted octanol–water partition coefficient (Wildman–Crippen LogP) is 2.92. The molecular weight excluding hydrogens is 915 g/mol. The molecule has 2 aromatic heterocycles. The number of allylic oxidation sites excluding steroid dienone is 4. The summed E-state index contributed by atoms with van der Waals surface area (Å²) in [6.45, 7) is 2.53. The van der Waals surface area contributed by atoms with Gasteiger partial charge in [0, 0.05) is 37.1 Å². The Morgan fingerprint density at radius 1 is 0.968 bits per heavy atom. The van der Waals surface area contributed by atoms with Gasteiger partial charge < -0.3 is 50.9 Å². The Bertz CT molecular complexity index is 2020. The molecule has 2 aromatic rings. The van der Waals surface area contributed by atoms with Crippen LogP contribution in [-0.4, -0.2) is 123 Å². The highest BCUT2D eigenvalue weighted by Gasteiger charge is 2.50. The summed E-state index contributed by atoms with van der Waals surface area (Å²) in [6.07, 6.45) is 9.16. The SMILES string of the molecule is C/C=C/C=C/CCCCCCCCC(=O)SCCNC(=O)CCNC(=O)C(O)C(C)(C)COP(=O)(O)OP(=O)(O)OCC1OC(n2cnc3c(N)ncnc32)C(O)C1OP(=O)(O)O. The van der Waals surface area contributed by atoms with Crippen LogP contribution in [0.3, 0.4) is 0 Å². The number of nitrogens with two attached hydrogens (primary N) is 1. The number of hydrogen-bond donors (Lipinski definition) is 9. The number of hydrogen-bond acceptors (Lipinski definition) is 18. The molecule has 7 atom stereocenters. The number of nitrogens with one attached hydrogen (secondary N) is 2. The average Bonchev–Trinajstić information content (AvgIpc) is 3.76. The van der Waals surface area contributed by atoms with Gasteiger partial charge in [0.1, 0.15) is 36.3 Å². The number of thioether (sulfide) groups is 1. The first-order valence-electron chi connectivity index (χ1n) is 19.9. The molecule has 63 heavy (non-hydrogen) atoms. The van der Waals surface area contributed by atoms with Crippen molar-refractivity contribution in [2.45, 2.75) is 109 Å². The van der Waals surface area contributed by atoms with Gasteiger partial charge in [-0.05, 0) is 26.2 Å². The zero-order valence-corrected chi connectivity index (χ0v) is 38.5. The van der Waals surface area contributed by atoms with Gasteiger partial charge in [-0.2, -0.15) is 4.31 Å². The van der Waals surface area contributed by atoms with Crippen LogP contribution in [0.25, 0.3) is 11.2 Å². The van der Waals surface area contributed by atoms with Crippen molar-refractivity contribution < 1.29 is 80.5 Å². The average molecular weight is 974 g/mol. The molecule has 0 aliphatic carbocycles. The van der Waals surface area contributed by atoms with Crippen LogP contribution in [0.2, 0.25) is 0 Å². The number of fused-ring (bicyclic) bond motifs is 1. The predicted molar refractivity (Wildman–Crippen MR) is 228 cm³/mol. The number of aliphatic hydroxyl groups is 2. The minimum atomic E-state index is -5.57. The topological polar surface area (TPSA) is 364 Å². The maximum atomic E-state index is 12.7. The van der Waals surface area contributed by atoms with Gasteiger partial charge in [-0.3, -0.25) is 32.5 Å². The number of aliphatic hydroxyl groups excluding tert-OH is 2. The Kier molecular flexibility index (Phi) is 22.1. The van der Waals surface area contributed by atoms with Crippen LogP contribution in [0.5, 0.6) is 0 Å². The molecule has 28 heteroatoms. The second kappa shape index (κ2) is 25.7. The molecule has 1 fully saturated rings. The summed E-state index contributed by atoms with van der Waals surface area (Å²) < 4.78 is 62.3. The highest BCUT2D eigenvalue weighted by Crippen LogP contribution is 2.61. The van der Waals surface area contributed by atoms with Crippen molar-refractivity contribution >= 4 is 69.1 Å². The number of unbranched alkanes of at least 4 members (excludes halogenated alkanes) is 6. The van der Waals surface area contributed by atoms with Crippen molar-refractivity contribution in [2.75, 3.05) is 37.8 Å². The number of carbonyl (C=O) groups is 3. The first-order chi connectivity index (χ1) is 29.6. The minimum Gasteiger partial charge on any atom is -0.386 e. The highest BCUT2D eigenvalue weighted by molar-refractivity contribution is 8.13. The number of nitrogen functional groups attached to an aromatic ring is 1. The number of phosphoric acid groups is 3. The molecule has 1 saturated heterocycles. The standard InChI is InChI=1S/C35H58N7O17P3S/c1-4-5-6-7-8-9-10-11-12-13-14-15-26(44)63-19-18-37-25(43)16-17-38-33(47)30(46)35(2,3)21-56-62(53,54)59-61(51,52)55-20-24-29(58-60(48,49)50)28(45)34(57-24)42-23-41-27-31(36)39-22-40-32(27)42/h4-7,22-24,28-30,34,45-46H,8-21H2,1-3H3,(H,37,43)(H,38,47)(H,51,52)(H,53,54)(H2,36,39,40)(H2,48,49,50)/b5-4+,7-6+. The summed E-state index contributed by atoms with van der Waals surface area (Å²) in [4.78, 5) is 88.1. The number of aromatic nitrogens is 4. The number of anilines is 1. The molecule has 1 aliphatic heterocycles. The normalized spacial score (nSPS) is 20.8. The van der Waals surface area contributed by atoms with E-state index in [4.69, 9.17) is 19.5 Å². The number of rotatable bonds is 29. The fourth-order valence-electron chi connectivity index (χ4n) is 5.89. The first kappa shape index (κ1) is 54.4. The van der Waals surface area contributed by atoms with Crippen LogP contribution in [0, 0.1) is 5.41 Å². The minimum absolute atomic E-state index is 0.0318. The molecule has 356 valence electrons. The van der Waals surface area contributed by atoms with Crippen LogP contribution in [0.15, 0.2) is 37.0 Å². The summed E-state index contributed by atoms with van der Waals surface area (Å²) in [5.74, 6) is -1.05. The summed E-state index contributed by atoms with van der Waals surface area (Å²) in [7, 11) is -16.4. The maximum Gasteiger partial charge on any atom is 0.481 e. The highest BCUT2D eigenvalue weighted by atomic mass is 32.2. The lowest BCUT2D eigenvalue weighted by atomic mass is 9.87. The van der Waals surface area contributed by atoms with Crippen molar-refractivity contribution in [3.05, 3.63) is 37.0 Å². The van der Waals surface area contributed by atoms with Crippen LogP contribution in [0.4, 0.5) is 5.82 Å². The quantitative estimate of drug-likeness (QED) is 0.0321. The molecule has 0 aromatic carbocycles. The lowest BCUT2D eigenvalue weighted by Gasteiger charge is -2.30. The van der Waals surface area contributed by atoms with Crippen molar-refractivity contribution in [3.63, 3.8) is 0 Å². The van der Waals surface area contributed by atoms with E-state index < -0.39 is 84.6 Å². The summed E-state index contributed by atoms with van der Waals surface area (Å²) in [5, 5.41) is 26.6. The van der Waals surface area contributed by atoms with Gasteiger partial charge >= 0.3 is 23.5 Å². The molecule has 10 N–H and O–H groups in total. The van der Waals surface area contributed by atoms with Crippen molar-refractivity contribution in [1.29, 1.82) is 0 Å². The van der Waals surface area contributed by atoms with E-state index in [1.54, 1.807) is 0 Å². The monoisotopic (exact) mass is 973 g/mol. The summed E-state index contributed by atoms with van der Waals surface area (Å²) in [5.41, 5.74) is 4.28. The third-order valence-electron chi connectivity index (χ3n) is 9.21. The smallest absolute Gasteiger partial charge is 0.386 e. The van der Waals surface area contributed by atoms with Crippen LogP contribution in [-0.2, 0) is 50.7 Å². The van der Waals surface area contributed by atoms with Gasteiger partial charge in [0.2, 0.25) is 11.8 Å². The summed E-state index contributed by atoms with van der Waals surface area (Å²) >= 11 is 1.14. The first-order valence-corrected chi connectivity index (χ1v) is 25.4. The fraction of sp³-hybridized carbons (Fsp3) is 0.657. The number of ether oxygens (including phenoxy) is 1. The van der Waals surface area contributed by atoms with E-state index in [0.717, 1.165) is 73.9 Å². The Morgan fingerprint density at radius 3 is 2.35 bits per heavy atom. The molecule has 7 unspecified atom stereocenters. The van der Waals surface area contributed by atoms with E-state index in [1.807, 2.05) is 25.2 Å². The second-order valence-electron chi connectivity index (χ2n) is 14.9. The molecule has 0 radical (unpaired) electrons. The number of nitrogens with zero attached hydrogens (tertiary/aromatic N) is 4. The van der Waals surface area contributed by atoms with E-state index in [0.29, 0.717) is 12.2 Å². The van der Waals surface area contributed by atoms with Gasteiger partial charge in [-0.15, -0.1) is 0 Å². The van der Waals surface area contributed by atoms with Gasteiger partial charge in [-0.1, -0.05) is 75.6 Å². The molecule has 2 amide bonds. The molecule has 0 saturated carbocycles. The number of carbonyl (C=O) groups excluding carboxylic acids is 3. The van der Waals surface area contributed by atoms with Gasteiger partial charge in [-0.25, -0.2) is 28.6 Å². The maximum absolute atomic E-state index is 12.7. The van der Waals surface area contributed by atoms with Crippen molar-refractivity contribution in [2.24, 2.45) is 5.41 Å². The van der Waals surface area contributed by atoms with Crippen LogP contribution in [0.1, 0.15) is 84.8 Å². The van der Waals surface area contributed by atoms with E-state index in [-0.39, 0.29) is 41.6 Å². The van der Waals surface area contributed by atoms with Crippen LogP contribution < -0.4 is 16.4 Å². The van der Waals surface area contributed by atoms with E-state index >= 15 is 0 Å². The van der Waals surface area contributed by atoms with Gasteiger partial charge in [0.05, 0.1) is 19.5 Å². The van der Waals surface area contributed by atoms with E-state index in [2.05, 4.69) is 40.5 Å². The molecule has 24 nitrogen and oxygen atoms in total. The molecular formula is C35H58N7O17P3S. The number of amides is 2. The van der Waals surface area contributed by atoms with E-state index in [9.17, 15) is 57.9 Å². The van der Waals surface area contributed by atoms with Crippen molar-refractivity contribution in [3.8, 4) is 0 Å². The summed E-state index contributed by atoms with van der Waals surface area (Å²) in [6, 6.07) is 0. The number of imidazole rings is 1. The zero-order chi connectivity index (χ0) is 46.8. The van der Waals surface area contributed by atoms with Crippen LogP contribution >= 0.6 is 35.2 Å². The van der Waals surface area contributed by atoms with Gasteiger partial charge in [0.25, 0.3) is 0 Å². The lowest BCUT2D eigenvalue weighted by molar-refractivity contribution is -0.137. The van der Waals surface area contributed by atoms with Crippen molar-refractivity contribution in [1.82, 2.24) is 30.2 Å². The Hall–Kier alpha value is -2.96. The Balaban J connectivity index is 1.36. The molecule has 1 aliphatic rings. The molecule has 0 spiro atoms. The molecule has 0 bridgehead atoms. The lowest BCUT2D eigenvalue weighted by Crippen LogP contribution is -2.46. The molecule has 3 heterocycles. The second-order valence-corrected chi connectivity index (χ2v) is 20.3. The van der Waals surface area contributed by atoms with Gasteiger partial charge in [0.15, 0.2) is 22.8 Å². The van der Waals surface area contributed by atoms with E-state index in [1.165, 1.54) is 13.8 Å². The molecule has 3 rings (SSSR count). The largest absolute Gasteiger partial charge is 0.481 e. The third kappa shape index (κ3) is 19.2. The fourth-order valence-corrected chi connectivity index (χ4v) is 9.44. The third-order valence-corrected chi connectivity index (χ3v) is 13.2.